The van der Waals surface area contributed by atoms with Crippen molar-refractivity contribution in [3.05, 3.63) is 52.5 Å². The van der Waals surface area contributed by atoms with Crippen LogP contribution < -0.4 is 11.1 Å². The van der Waals surface area contributed by atoms with Gasteiger partial charge in [-0.05, 0) is 49.6 Å². The van der Waals surface area contributed by atoms with Gasteiger partial charge >= 0.3 is 5.76 Å². The summed E-state index contributed by atoms with van der Waals surface area (Å²) in [5, 5.41) is 3.36. The van der Waals surface area contributed by atoms with Crippen molar-refractivity contribution in [2.24, 2.45) is 5.92 Å². The molecule has 2 aromatic carbocycles. The molecule has 1 saturated heterocycles. The van der Waals surface area contributed by atoms with Gasteiger partial charge in [0.1, 0.15) is 0 Å². The Kier molecular flexibility index (Phi) is 5.11. The zero-order valence-electron chi connectivity index (χ0n) is 17.1. The summed E-state index contributed by atoms with van der Waals surface area (Å²) in [4.78, 5) is 31.2. The van der Waals surface area contributed by atoms with E-state index in [9.17, 15) is 18.0 Å². The molecule has 0 aliphatic carbocycles. The topological polar surface area (TPSA) is 125 Å². The average Bonchev–Trinajstić information content (AvgIpc) is 3.34. The van der Waals surface area contributed by atoms with Gasteiger partial charge in [0.15, 0.2) is 10.7 Å². The van der Waals surface area contributed by atoms with Crippen molar-refractivity contribution in [3.63, 3.8) is 0 Å². The van der Waals surface area contributed by atoms with Crippen LogP contribution in [0.3, 0.4) is 0 Å². The molecule has 0 unspecified atom stereocenters. The van der Waals surface area contributed by atoms with E-state index in [0.29, 0.717) is 30.0 Å². The quantitative estimate of drug-likeness (QED) is 0.470. The summed E-state index contributed by atoms with van der Waals surface area (Å²) in [5.41, 5.74) is 2.53. The monoisotopic (exact) mass is 472 g/mol. The number of aromatic amines is 1. The van der Waals surface area contributed by atoms with Gasteiger partial charge in [0.25, 0.3) is 0 Å². The molecule has 0 saturated carbocycles. The van der Waals surface area contributed by atoms with Crippen molar-refractivity contribution in [1.82, 2.24) is 14.3 Å². The second kappa shape index (κ2) is 7.84. The third-order valence-corrected chi connectivity index (χ3v) is 8.35. The first-order valence-electron chi connectivity index (χ1n) is 10.1. The van der Waals surface area contributed by atoms with Crippen molar-refractivity contribution in [1.29, 1.82) is 0 Å². The van der Waals surface area contributed by atoms with Crippen LogP contribution in [-0.2, 0) is 14.8 Å². The Morgan fingerprint density at radius 1 is 1.28 bits per heavy atom. The van der Waals surface area contributed by atoms with Crippen LogP contribution in [0, 0.1) is 12.8 Å². The lowest BCUT2D eigenvalue weighted by Crippen LogP contribution is -2.43. The fourth-order valence-corrected chi connectivity index (χ4v) is 6.41. The van der Waals surface area contributed by atoms with Crippen molar-refractivity contribution in [3.8, 4) is 0 Å². The lowest BCUT2D eigenvalue weighted by molar-refractivity contribution is -0.120. The van der Waals surface area contributed by atoms with Gasteiger partial charge < -0.3 is 9.73 Å². The van der Waals surface area contributed by atoms with Crippen LogP contribution in [0.15, 0.2) is 50.5 Å². The van der Waals surface area contributed by atoms with E-state index in [2.05, 4.69) is 15.3 Å². The Morgan fingerprint density at radius 2 is 2.12 bits per heavy atom. The number of H-pyrrole nitrogens is 1. The van der Waals surface area contributed by atoms with Crippen molar-refractivity contribution in [2.45, 2.75) is 24.7 Å². The fourth-order valence-electron chi connectivity index (χ4n) is 3.90. The smallest absolute Gasteiger partial charge is 0.408 e. The van der Waals surface area contributed by atoms with E-state index in [4.69, 9.17) is 4.42 Å². The van der Waals surface area contributed by atoms with Crippen LogP contribution in [0.25, 0.3) is 21.3 Å². The largest absolute Gasteiger partial charge is 0.417 e. The van der Waals surface area contributed by atoms with Crippen LogP contribution in [0.1, 0.15) is 18.4 Å². The summed E-state index contributed by atoms with van der Waals surface area (Å²) in [6.45, 7) is 2.39. The highest BCUT2D eigenvalue weighted by atomic mass is 32.2. The summed E-state index contributed by atoms with van der Waals surface area (Å²) in [6.07, 6.45) is 1.16. The minimum Gasteiger partial charge on any atom is -0.408 e. The molecule has 1 aliphatic heterocycles. The standard InChI is InChI=1S/C21H20N4O5S2/c1-12-4-6-16-18(9-12)31-20(22-16)24-19(26)13-3-2-8-25(11-13)32(28,29)14-5-7-15-17(10-14)30-21(27)23-15/h4-7,9-10,13H,2-3,8,11H2,1H3,(H,23,27)(H,22,24,26)/t13-/m1/s1. The maximum absolute atomic E-state index is 13.2. The minimum atomic E-state index is -3.84. The number of nitrogens with one attached hydrogen (secondary N) is 2. The molecule has 166 valence electrons. The number of piperidine rings is 1. The molecule has 0 spiro atoms. The van der Waals surface area contributed by atoms with E-state index >= 15 is 0 Å². The van der Waals surface area contributed by atoms with Crippen molar-refractivity contribution >= 4 is 53.7 Å². The number of aromatic nitrogens is 2. The maximum Gasteiger partial charge on any atom is 0.417 e. The molecular formula is C21H20N4O5S2. The minimum absolute atomic E-state index is 0.0235. The molecule has 2 aromatic heterocycles. The van der Waals surface area contributed by atoms with Crippen LogP contribution >= 0.6 is 11.3 Å². The number of anilines is 1. The molecule has 1 fully saturated rings. The van der Waals surface area contributed by atoms with Crippen molar-refractivity contribution in [2.75, 3.05) is 18.4 Å². The third kappa shape index (κ3) is 3.83. The Morgan fingerprint density at radius 3 is 2.97 bits per heavy atom. The summed E-state index contributed by atoms with van der Waals surface area (Å²) in [6, 6.07) is 10.1. The van der Waals surface area contributed by atoms with E-state index in [-0.39, 0.29) is 22.9 Å². The number of hydrogen-bond acceptors (Lipinski definition) is 7. The molecule has 3 heterocycles. The first-order valence-corrected chi connectivity index (χ1v) is 12.4. The lowest BCUT2D eigenvalue weighted by Gasteiger charge is -2.31. The molecule has 11 heteroatoms. The molecule has 5 rings (SSSR count). The number of oxazole rings is 1. The summed E-state index contributed by atoms with van der Waals surface area (Å²) < 4.78 is 33.6. The van der Waals surface area contributed by atoms with Gasteiger partial charge in [0.05, 0.1) is 26.5 Å². The first kappa shape index (κ1) is 20.9. The number of carbonyl (C=O) groups excluding carboxylic acids is 1. The number of hydrogen-bond donors (Lipinski definition) is 2. The second-order valence-electron chi connectivity index (χ2n) is 7.85. The molecule has 0 radical (unpaired) electrons. The normalized spacial score (nSPS) is 17.7. The second-order valence-corrected chi connectivity index (χ2v) is 10.8. The molecular weight excluding hydrogens is 452 g/mol. The van der Waals surface area contributed by atoms with Crippen molar-refractivity contribution < 1.29 is 17.6 Å². The summed E-state index contributed by atoms with van der Waals surface area (Å²) in [5.74, 6) is -1.37. The van der Waals surface area contributed by atoms with Crippen LogP contribution in [0.4, 0.5) is 5.13 Å². The number of amides is 1. The fraction of sp³-hybridized carbons (Fsp3) is 0.286. The number of aryl methyl sites for hydroxylation is 1. The van der Waals surface area contributed by atoms with Gasteiger partial charge in [-0.1, -0.05) is 17.4 Å². The Balaban J connectivity index is 1.34. The molecule has 1 atom stereocenters. The highest BCUT2D eigenvalue weighted by Gasteiger charge is 2.34. The van der Waals surface area contributed by atoms with E-state index in [0.717, 1.165) is 15.8 Å². The Hall–Kier alpha value is -3.02. The number of carbonyl (C=O) groups is 1. The molecule has 32 heavy (non-hydrogen) atoms. The number of fused-ring (bicyclic) bond motifs is 2. The Bertz CT molecular complexity index is 1500. The molecule has 9 nitrogen and oxygen atoms in total. The Labute approximate surface area is 187 Å². The predicted octanol–water partition coefficient (Wildman–Crippen LogP) is 3.08. The lowest BCUT2D eigenvalue weighted by atomic mass is 9.99. The van der Waals surface area contributed by atoms with E-state index < -0.39 is 21.7 Å². The molecule has 1 amide bonds. The van der Waals surface area contributed by atoms with Gasteiger partial charge in [-0.25, -0.2) is 18.2 Å². The highest BCUT2D eigenvalue weighted by molar-refractivity contribution is 7.89. The highest BCUT2D eigenvalue weighted by Crippen LogP contribution is 2.29. The zero-order chi connectivity index (χ0) is 22.5. The SMILES string of the molecule is Cc1ccc2nc(NC(=O)[C@@H]3CCCN(S(=O)(=O)c4ccc5[nH]c(=O)oc5c4)C3)sc2c1. The van der Waals surface area contributed by atoms with Gasteiger partial charge in [-0.3, -0.25) is 9.78 Å². The van der Waals surface area contributed by atoms with Crippen LogP contribution in [-0.4, -0.2) is 41.7 Å². The van der Waals surface area contributed by atoms with E-state index in [1.54, 1.807) is 0 Å². The van der Waals surface area contributed by atoms with E-state index in [1.807, 2.05) is 25.1 Å². The summed E-state index contributed by atoms with van der Waals surface area (Å²) in [7, 11) is -3.84. The molecule has 2 N–H and O–H groups in total. The van der Waals surface area contributed by atoms with Gasteiger partial charge in [0.2, 0.25) is 15.9 Å². The van der Waals surface area contributed by atoms with Crippen LogP contribution in [0.2, 0.25) is 0 Å². The van der Waals surface area contributed by atoms with Gasteiger partial charge in [-0.15, -0.1) is 0 Å². The number of rotatable bonds is 4. The average molecular weight is 473 g/mol. The number of thiazole rings is 1. The molecule has 1 aliphatic rings. The molecule has 4 aromatic rings. The molecule has 0 bridgehead atoms. The summed E-state index contributed by atoms with van der Waals surface area (Å²) >= 11 is 1.40. The number of nitrogens with zero attached hydrogens (tertiary/aromatic N) is 2. The zero-order valence-corrected chi connectivity index (χ0v) is 18.8. The first-order chi connectivity index (χ1) is 15.3. The van der Waals surface area contributed by atoms with Crippen LogP contribution in [0.5, 0.6) is 0 Å². The number of benzene rings is 2. The third-order valence-electron chi connectivity index (χ3n) is 5.56. The maximum atomic E-state index is 13.2. The van der Waals surface area contributed by atoms with Gasteiger partial charge in [-0.2, -0.15) is 4.31 Å². The van der Waals surface area contributed by atoms with E-state index in [1.165, 1.54) is 33.8 Å². The predicted molar refractivity (Wildman–Crippen MR) is 121 cm³/mol. The number of sulfonamides is 1. The van der Waals surface area contributed by atoms with Gasteiger partial charge in [0, 0.05) is 19.2 Å².